The molecule has 1 aliphatic rings. The molecule has 0 radical (unpaired) electrons. The molecule has 6 heteroatoms. The van der Waals surface area contributed by atoms with Gasteiger partial charge in [0.2, 0.25) is 0 Å². The standard InChI is InChI=1S/C12H15ClN2OS.ClH/c1-8-7-15(4-5-17-8)12(16)10-3-2-9(14)6-11(10)13;/h2-3,6,8H,4-5,7,14H2,1H3;1H. The van der Waals surface area contributed by atoms with Gasteiger partial charge in [0.15, 0.2) is 0 Å². The number of thioether (sulfide) groups is 1. The van der Waals surface area contributed by atoms with Gasteiger partial charge in [0.05, 0.1) is 10.6 Å². The molecular formula is C12H16Cl2N2OS. The van der Waals surface area contributed by atoms with E-state index in [0.29, 0.717) is 21.5 Å². The Kier molecular flexibility index (Phi) is 5.63. The number of nitrogens with zero attached hydrogens (tertiary/aromatic N) is 1. The first kappa shape index (κ1) is 15.5. The fourth-order valence-corrected chi connectivity index (χ4v) is 3.16. The molecule has 1 atom stereocenters. The van der Waals surface area contributed by atoms with Gasteiger partial charge in [0.1, 0.15) is 0 Å². The molecule has 0 aliphatic carbocycles. The lowest BCUT2D eigenvalue weighted by atomic mass is 10.1. The molecule has 0 saturated carbocycles. The van der Waals surface area contributed by atoms with Gasteiger partial charge in [-0.15, -0.1) is 12.4 Å². The minimum absolute atomic E-state index is 0. The van der Waals surface area contributed by atoms with Crippen LogP contribution in [-0.2, 0) is 0 Å². The summed E-state index contributed by atoms with van der Waals surface area (Å²) in [5.74, 6) is 0.988. The van der Waals surface area contributed by atoms with Crippen LogP contribution >= 0.6 is 35.8 Å². The summed E-state index contributed by atoms with van der Waals surface area (Å²) in [6, 6.07) is 5.03. The molecule has 1 amide bonds. The molecule has 100 valence electrons. The van der Waals surface area contributed by atoms with Crippen LogP contribution in [0.15, 0.2) is 18.2 Å². The number of nitrogens with two attached hydrogens (primary N) is 1. The van der Waals surface area contributed by atoms with Crippen LogP contribution in [0, 0.1) is 0 Å². The Balaban J connectivity index is 0.00000162. The summed E-state index contributed by atoms with van der Waals surface area (Å²) >= 11 is 7.94. The summed E-state index contributed by atoms with van der Waals surface area (Å²) in [5.41, 5.74) is 6.74. The third-order valence-electron chi connectivity index (χ3n) is 2.75. The SMILES string of the molecule is CC1CN(C(=O)c2ccc(N)cc2Cl)CCS1.Cl. The maximum Gasteiger partial charge on any atom is 0.255 e. The summed E-state index contributed by atoms with van der Waals surface area (Å²) in [6.07, 6.45) is 0. The first-order chi connectivity index (χ1) is 8.08. The Morgan fingerprint density at radius 3 is 2.89 bits per heavy atom. The number of hydrogen-bond acceptors (Lipinski definition) is 3. The average molecular weight is 307 g/mol. The number of rotatable bonds is 1. The van der Waals surface area contributed by atoms with E-state index in [1.807, 2.05) is 16.7 Å². The van der Waals surface area contributed by atoms with Gasteiger partial charge in [-0.25, -0.2) is 0 Å². The lowest BCUT2D eigenvalue weighted by Crippen LogP contribution is -2.41. The molecule has 1 heterocycles. The van der Waals surface area contributed by atoms with Gasteiger partial charge in [-0.3, -0.25) is 4.79 Å². The second-order valence-corrected chi connectivity index (χ2v) is 6.13. The summed E-state index contributed by atoms with van der Waals surface area (Å²) in [6.45, 7) is 3.70. The zero-order valence-corrected chi connectivity index (χ0v) is 12.4. The molecule has 1 aliphatic heterocycles. The van der Waals surface area contributed by atoms with Gasteiger partial charge >= 0.3 is 0 Å². The number of nitrogen functional groups attached to an aromatic ring is 1. The van der Waals surface area contributed by atoms with E-state index in [-0.39, 0.29) is 18.3 Å². The van der Waals surface area contributed by atoms with Crippen molar-refractivity contribution in [2.45, 2.75) is 12.2 Å². The van der Waals surface area contributed by atoms with Crippen LogP contribution in [0.2, 0.25) is 5.02 Å². The minimum atomic E-state index is 0. The highest BCUT2D eigenvalue weighted by atomic mass is 35.5. The van der Waals surface area contributed by atoms with E-state index in [9.17, 15) is 4.79 Å². The van der Waals surface area contributed by atoms with Crippen molar-refractivity contribution in [1.82, 2.24) is 4.90 Å². The summed E-state index contributed by atoms with van der Waals surface area (Å²) in [4.78, 5) is 14.1. The highest BCUT2D eigenvalue weighted by Gasteiger charge is 2.23. The van der Waals surface area contributed by atoms with E-state index >= 15 is 0 Å². The summed E-state index contributed by atoms with van der Waals surface area (Å²) in [7, 11) is 0. The molecule has 1 aromatic carbocycles. The third kappa shape index (κ3) is 3.46. The molecule has 1 aromatic rings. The smallest absolute Gasteiger partial charge is 0.255 e. The number of carbonyl (C=O) groups excluding carboxylic acids is 1. The molecule has 1 saturated heterocycles. The van der Waals surface area contributed by atoms with Crippen molar-refractivity contribution in [2.24, 2.45) is 0 Å². The Labute approximate surface area is 122 Å². The quantitative estimate of drug-likeness (QED) is 0.812. The largest absolute Gasteiger partial charge is 0.399 e. The minimum Gasteiger partial charge on any atom is -0.399 e. The van der Waals surface area contributed by atoms with Gasteiger partial charge in [-0.2, -0.15) is 11.8 Å². The van der Waals surface area contributed by atoms with Gasteiger partial charge in [-0.1, -0.05) is 18.5 Å². The Morgan fingerprint density at radius 2 is 2.28 bits per heavy atom. The zero-order chi connectivity index (χ0) is 12.4. The number of benzene rings is 1. The van der Waals surface area contributed by atoms with E-state index < -0.39 is 0 Å². The van der Waals surface area contributed by atoms with Crippen LogP contribution < -0.4 is 5.73 Å². The summed E-state index contributed by atoms with van der Waals surface area (Å²) < 4.78 is 0. The Morgan fingerprint density at radius 1 is 1.56 bits per heavy atom. The molecule has 1 unspecified atom stereocenters. The normalized spacial score (nSPS) is 19.2. The van der Waals surface area contributed by atoms with E-state index in [0.717, 1.165) is 18.8 Å². The van der Waals surface area contributed by atoms with Crippen LogP contribution in [0.1, 0.15) is 17.3 Å². The third-order valence-corrected chi connectivity index (χ3v) is 4.20. The monoisotopic (exact) mass is 306 g/mol. The predicted octanol–water partition coefficient (Wildman–Crippen LogP) is 2.92. The predicted molar refractivity (Wildman–Crippen MR) is 80.9 cm³/mol. The van der Waals surface area contributed by atoms with Crippen molar-refractivity contribution in [1.29, 1.82) is 0 Å². The van der Waals surface area contributed by atoms with Crippen molar-refractivity contribution >= 4 is 47.4 Å². The first-order valence-electron chi connectivity index (χ1n) is 5.54. The van der Waals surface area contributed by atoms with Gasteiger partial charge in [-0.05, 0) is 18.2 Å². The summed E-state index contributed by atoms with van der Waals surface area (Å²) in [5, 5.41) is 0.918. The highest BCUT2D eigenvalue weighted by molar-refractivity contribution is 7.99. The maximum absolute atomic E-state index is 12.3. The van der Waals surface area contributed by atoms with Crippen LogP contribution in [0.25, 0.3) is 0 Å². The van der Waals surface area contributed by atoms with Crippen molar-refractivity contribution in [3.63, 3.8) is 0 Å². The van der Waals surface area contributed by atoms with Crippen molar-refractivity contribution < 1.29 is 4.79 Å². The Bertz CT molecular complexity index is 442. The van der Waals surface area contributed by atoms with E-state index in [1.54, 1.807) is 18.2 Å². The Hall–Kier alpha value is -0.580. The number of halogens is 2. The molecular weight excluding hydrogens is 291 g/mol. The van der Waals surface area contributed by atoms with Crippen molar-refractivity contribution in [3.8, 4) is 0 Å². The lowest BCUT2D eigenvalue weighted by molar-refractivity contribution is 0.0763. The molecule has 0 spiro atoms. The molecule has 1 fully saturated rings. The van der Waals surface area contributed by atoms with Gasteiger partial charge < -0.3 is 10.6 Å². The fourth-order valence-electron chi connectivity index (χ4n) is 1.88. The van der Waals surface area contributed by atoms with Crippen molar-refractivity contribution in [2.75, 3.05) is 24.6 Å². The van der Waals surface area contributed by atoms with E-state index in [4.69, 9.17) is 17.3 Å². The van der Waals surface area contributed by atoms with Crippen LogP contribution in [0.5, 0.6) is 0 Å². The van der Waals surface area contributed by atoms with Crippen LogP contribution in [-0.4, -0.2) is 34.9 Å². The average Bonchev–Trinajstić information content (AvgIpc) is 2.28. The second-order valence-electron chi connectivity index (χ2n) is 4.17. The molecule has 0 aromatic heterocycles. The number of carbonyl (C=O) groups is 1. The highest BCUT2D eigenvalue weighted by Crippen LogP contribution is 2.24. The van der Waals surface area contributed by atoms with Gasteiger partial charge in [0.25, 0.3) is 5.91 Å². The molecule has 18 heavy (non-hydrogen) atoms. The van der Waals surface area contributed by atoms with Gasteiger partial charge in [0, 0.05) is 29.8 Å². The first-order valence-corrected chi connectivity index (χ1v) is 6.96. The second kappa shape index (κ2) is 6.55. The lowest BCUT2D eigenvalue weighted by Gasteiger charge is -2.30. The molecule has 2 N–H and O–H groups in total. The van der Waals surface area contributed by atoms with E-state index in [1.165, 1.54) is 0 Å². The van der Waals surface area contributed by atoms with Crippen LogP contribution in [0.4, 0.5) is 5.69 Å². The number of anilines is 1. The molecule has 0 bridgehead atoms. The number of amides is 1. The van der Waals surface area contributed by atoms with E-state index in [2.05, 4.69) is 6.92 Å². The van der Waals surface area contributed by atoms with Crippen molar-refractivity contribution in [3.05, 3.63) is 28.8 Å². The maximum atomic E-state index is 12.3. The zero-order valence-electron chi connectivity index (χ0n) is 10.1. The van der Waals surface area contributed by atoms with Crippen LogP contribution in [0.3, 0.4) is 0 Å². The number of hydrogen-bond donors (Lipinski definition) is 1. The molecule has 2 rings (SSSR count). The molecule has 3 nitrogen and oxygen atoms in total. The topological polar surface area (TPSA) is 46.3 Å². The fraction of sp³-hybridized carbons (Fsp3) is 0.417.